The number of hydrogen-bond donors (Lipinski definition) is 2. The Bertz CT molecular complexity index is 1570. The van der Waals surface area contributed by atoms with Crippen molar-refractivity contribution in [2.75, 3.05) is 0 Å². The maximum absolute atomic E-state index is 14.4. The van der Waals surface area contributed by atoms with Crippen LogP contribution in [-0.4, -0.2) is 21.3 Å². The lowest BCUT2D eigenvalue weighted by molar-refractivity contribution is -0.131. The first-order valence-corrected chi connectivity index (χ1v) is 11.5. The van der Waals surface area contributed by atoms with Gasteiger partial charge in [-0.3, -0.25) is 5.10 Å². The van der Waals surface area contributed by atoms with Crippen molar-refractivity contribution < 1.29 is 18.7 Å². The minimum atomic E-state index is -1.04. The van der Waals surface area contributed by atoms with Crippen LogP contribution in [0.3, 0.4) is 0 Å². The monoisotopic (exact) mass is 481 g/mol. The second-order valence-electron chi connectivity index (χ2n) is 8.79. The summed E-state index contributed by atoms with van der Waals surface area (Å²) in [5.74, 6) is -1.98. The SMILES string of the molecule is N#Cc1cc(F)ccc1/C(=C(\c1ccc(/C=C/C(=O)O)cc1)c1ccc2[nH]nc(F)c2c1)C1CCC1. The van der Waals surface area contributed by atoms with Crippen molar-refractivity contribution in [3.63, 3.8) is 0 Å². The molecule has 5 nitrogen and oxygen atoms in total. The number of allylic oxidation sites excluding steroid dienone is 1. The van der Waals surface area contributed by atoms with Crippen molar-refractivity contribution in [2.45, 2.75) is 19.3 Å². The Labute approximate surface area is 206 Å². The smallest absolute Gasteiger partial charge is 0.328 e. The third-order valence-corrected chi connectivity index (χ3v) is 6.60. The second kappa shape index (κ2) is 9.59. The predicted molar refractivity (Wildman–Crippen MR) is 134 cm³/mol. The van der Waals surface area contributed by atoms with Gasteiger partial charge in [-0.1, -0.05) is 42.8 Å². The summed E-state index contributed by atoms with van der Waals surface area (Å²) in [6.45, 7) is 0. The largest absolute Gasteiger partial charge is 0.478 e. The number of carbonyl (C=O) groups is 1. The lowest BCUT2D eigenvalue weighted by Crippen LogP contribution is -2.16. The molecule has 1 aromatic heterocycles. The standard InChI is InChI=1S/C29H21F2N3O2/c30-22-10-11-23(21(14-22)16-32)28(18-2-1-3-18)27(19-7-4-17(5-8-19)6-13-26(35)36)20-9-12-25-24(15-20)29(31)34-33-25/h4-15,18H,1-3H2,(H,33,34)(H,35,36)/b13-6+,28-27+. The van der Waals surface area contributed by atoms with E-state index in [0.717, 1.165) is 47.6 Å². The maximum atomic E-state index is 14.4. The molecular weight excluding hydrogens is 460 g/mol. The highest BCUT2D eigenvalue weighted by atomic mass is 19.1. The summed E-state index contributed by atoms with van der Waals surface area (Å²) in [7, 11) is 0. The highest BCUT2D eigenvalue weighted by Crippen LogP contribution is 2.46. The van der Waals surface area contributed by atoms with Crippen molar-refractivity contribution in [3.05, 3.63) is 106 Å². The number of carboxylic acid groups (broad SMARTS) is 1. The van der Waals surface area contributed by atoms with Crippen LogP contribution in [0.4, 0.5) is 8.78 Å². The van der Waals surface area contributed by atoms with Crippen LogP contribution >= 0.6 is 0 Å². The van der Waals surface area contributed by atoms with Gasteiger partial charge in [0.1, 0.15) is 5.82 Å². The van der Waals surface area contributed by atoms with E-state index < -0.39 is 17.7 Å². The van der Waals surface area contributed by atoms with E-state index in [2.05, 4.69) is 16.3 Å². The fraction of sp³-hybridized carbons (Fsp3) is 0.138. The van der Waals surface area contributed by atoms with E-state index in [1.54, 1.807) is 30.3 Å². The summed E-state index contributed by atoms with van der Waals surface area (Å²) >= 11 is 0. The molecule has 4 aromatic rings. The summed E-state index contributed by atoms with van der Waals surface area (Å²) < 4.78 is 28.5. The lowest BCUT2D eigenvalue weighted by atomic mass is 9.72. The normalized spacial score (nSPS) is 14.5. The molecule has 1 saturated carbocycles. The fourth-order valence-electron chi connectivity index (χ4n) is 4.64. The van der Waals surface area contributed by atoms with Crippen LogP contribution in [0.15, 0.2) is 66.7 Å². The molecule has 3 aromatic carbocycles. The van der Waals surface area contributed by atoms with Crippen molar-refractivity contribution in [1.29, 1.82) is 5.26 Å². The Kier molecular flexibility index (Phi) is 6.17. The molecule has 1 aliphatic rings. The Morgan fingerprint density at radius 1 is 1.06 bits per heavy atom. The van der Waals surface area contributed by atoms with Gasteiger partial charge in [0.15, 0.2) is 0 Å². The molecule has 0 unspecified atom stereocenters. The van der Waals surface area contributed by atoms with Gasteiger partial charge in [0, 0.05) is 6.08 Å². The van der Waals surface area contributed by atoms with Crippen LogP contribution in [-0.2, 0) is 4.79 Å². The minimum Gasteiger partial charge on any atom is -0.478 e. The Morgan fingerprint density at radius 2 is 1.81 bits per heavy atom. The first-order chi connectivity index (χ1) is 17.4. The molecule has 0 saturated heterocycles. The van der Waals surface area contributed by atoms with Gasteiger partial charge < -0.3 is 5.11 Å². The van der Waals surface area contributed by atoms with Crippen molar-refractivity contribution in [2.24, 2.45) is 5.92 Å². The molecule has 36 heavy (non-hydrogen) atoms. The summed E-state index contributed by atoms with van der Waals surface area (Å²) in [4.78, 5) is 10.9. The van der Waals surface area contributed by atoms with Gasteiger partial charge in [-0.25, -0.2) is 9.18 Å². The molecule has 5 rings (SSSR count). The fourth-order valence-corrected chi connectivity index (χ4v) is 4.64. The average Bonchev–Trinajstić information content (AvgIpc) is 3.22. The van der Waals surface area contributed by atoms with Crippen molar-refractivity contribution in [3.8, 4) is 6.07 Å². The molecule has 0 aliphatic heterocycles. The number of nitriles is 1. The molecule has 0 spiro atoms. The van der Waals surface area contributed by atoms with Crippen LogP contribution in [0.5, 0.6) is 0 Å². The first kappa shape index (κ1) is 23.2. The minimum absolute atomic E-state index is 0.147. The molecule has 1 aliphatic carbocycles. The number of benzene rings is 3. The number of fused-ring (bicyclic) bond motifs is 1. The van der Waals surface area contributed by atoms with Gasteiger partial charge in [0.05, 0.1) is 22.5 Å². The van der Waals surface area contributed by atoms with Crippen LogP contribution in [0.1, 0.15) is 47.1 Å². The molecule has 178 valence electrons. The van der Waals surface area contributed by atoms with Gasteiger partial charge in [-0.2, -0.15) is 9.65 Å². The van der Waals surface area contributed by atoms with E-state index in [1.807, 2.05) is 18.2 Å². The van der Waals surface area contributed by atoms with E-state index in [4.69, 9.17) is 5.11 Å². The third kappa shape index (κ3) is 4.41. The molecule has 0 amide bonds. The zero-order valence-corrected chi connectivity index (χ0v) is 19.1. The first-order valence-electron chi connectivity index (χ1n) is 11.5. The Morgan fingerprint density at radius 3 is 2.47 bits per heavy atom. The van der Waals surface area contributed by atoms with Crippen LogP contribution in [0, 0.1) is 29.0 Å². The van der Waals surface area contributed by atoms with E-state index in [1.165, 1.54) is 18.2 Å². The number of hydrogen-bond acceptors (Lipinski definition) is 3. The third-order valence-electron chi connectivity index (χ3n) is 6.60. The quantitative estimate of drug-likeness (QED) is 0.241. The van der Waals surface area contributed by atoms with Crippen LogP contribution in [0.25, 0.3) is 28.1 Å². The van der Waals surface area contributed by atoms with Crippen LogP contribution in [0.2, 0.25) is 0 Å². The molecule has 0 atom stereocenters. The topological polar surface area (TPSA) is 89.8 Å². The zero-order chi connectivity index (χ0) is 25.2. The summed E-state index contributed by atoms with van der Waals surface area (Å²) in [5.41, 5.74) is 5.46. The number of aliphatic carboxylic acids is 1. The summed E-state index contributed by atoms with van der Waals surface area (Å²) in [6, 6.07) is 19.1. The van der Waals surface area contributed by atoms with Gasteiger partial charge in [0.2, 0.25) is 5.95 Å². The van der Waals surface area contributed by atoms with Gasteiger partial charge in [-0.15, -0.1) is 5.10 Å². The molecule has 0 bridgehead atoms. The zero-order valence-electron chi connectivity index (χ0n) is 19.1. The lowest BCUT2D eigenvalue weighted by Gasteiger charge is -2.32. The molecular formula is C29H21F2N3O2. The molecule has 1 fully saturated rings. The average molecular weight is 482 g/mol. The van der Waals surface area contributed by atoms with E-state index in [0.29, 0.717) is 22.0 Å². The van der Waals surface area contributed by atoms with Gasteiger partial charge in [0.25, 0.3) is 0 Å². The predicted octanol–water partition coefficient (Wildman–Crippen LogP) is 6.57. The highest BCUT2D eigenvalue weighted by Gasteiger charge is 2.29. The Hall–Kier alpha value is -4.57. The summed E-state index contributed by atoms with van der Waals surface area (Å²) in [6.07, 6.45) is 5.45. The highest BCUT2D eigenvalue weighted by molar-refractivity contribution is 6.02. The molecule has 2 N–H and O–H groups in total. The van der Waals surface area contributed by atoms with E-state index in [9.17, 15) is 18.8 Å². The van der Waals surface area contributed by atoms with E-state index in [-0.39, 0.29) is 11.5 Å². The van der Waals surface area contributed by atoms with E-state index >= 15 is 0 Å². The molecule has 1 heterocycles. The van der Waals surface area contributed by atoms with Crippen LogP contribution < -0.4 is 0 Å². The Balaban J connectivity index is 1.79. The number of H-pyrrole nitrogens is 1. The second-order valence-corrected chi connectivity index (χ2v) is 8.79. The summed E-state index contributed by atoms with van der Waals surface area (Å²) in [5, 5.41) is 25.4. The number of rotatable bonds is 6. The number of nitrogens with one attached hydrogen (secondary N) is 1. The van der Waals surface area contributed by atoms with Crippen molar-refractivity contribution >= 4 is 34.1 Å². The number of nitrogens with zero attached hydrogens (tertiary/aromatic N) is 2. The number of aromatic amines is 1. The van der Waals surface area contributed by atoms with Gasteiger partial charge in [-0.05, 0) is 82.5 Å². The number of carboxylic acids is 1. The number of halogens is 2. The van der Waals surface area contributed by atoms with Crippen molar-refractivity contribution in [1.82, 2.24) is 10.2 Å². The molecule has 0 radical (unpaired) electrons. The molecule has 7 heteroatoms. The maximum Gasteiger partial charge on any atom is 0.328 e. The van der Waals surface area contributed by atoms with Gasteiger partial charge >= 0.3 is 5.97 Å². The number of aromatic nitrogens is 2.